The van der Waals surface area contributed by atoms with Gasteiger partial charge in [0, 0.05) is 18.2 Å². The Labute approximate surface area is 175 Å². The lowest BCUT2D eigenvalue weighted by atomic mass is 10.2. The van der Waals surface area contributed by atoms with E-state index in [1.807, 2.05) is 37.3 Å². The number of ether oxygens (including phenoxy) is 1. The summed E-state index contributed by atoms with van der Waals surface area (Å²) in [6.45, 7) is 3.95. The van der Waals surface area contributed by atoms with E-state index in [4.69, 9.17) is 4.74 Å². The number of nitrogens with one attached hydrogen (secondary N) is 3. The Balaban J connectivity index is 1.84. The fourth-order valence-electron chi connectivity index (χ4n) is 2.31. The zero-order chi connectivity index (χ0) is 21.8. The van der Waals surface area contributed by atoms with Gasteiger partial charge in [-0.15, -0.1) is 0 Å². The van der Waals surface area contributed by atoms with E-state index in [1.54, 1.807) is 31.2 Å². The van der Waals surface area contributed by atoms with E-state index in [2.05, 4.69) is 21.2 Å². The molecule has 2 aromatic rings. The monoisotopic (exact) mass is 410 g/mol. The number of para-hydroxylation sites is 1. The van der Waals surface area contributed by atoms with E-state index < -0.39 is 11.8 Å². The molecule has 0 unspecified atom stereocenters. The topological polar surface area (TPSA) is 109 Å². The fourth-order valence-corrected chi connectivity index (χ4v) is 2.31. The molecule has 8 heteroatoms. The van der Waals surface area contributed by atoms with Gasteiger partial charge in [-0.25, -0.2) is 5.43 Å². The molecular formula is C22H26N4O4. The van der Waals surface area contributed by atoms with Crippen LogP contribution in [0.2, 0.25) is 0 Å². The number of amides is 3. The van der Waals surface area contributed by atoms with Crippen LogP contribution in [0.25, 0.3) is 0 Å². The third-order valence-electron chi connectivity index (χ3n) is 4.18. The fraction of sp³-hybridized carbons (Fsp3) is 0.273. The van der Waals surface area contributed by atoms with Crippen LogP contribution < -0.4 is 20.8 Å². The number of nitrogens with zero attached hydrogens (tertiary/aromatic N) is 1. The van der Waals surface area contributed by atoms with Crippen molar-refractivity contribution < 1.29 is 19.1 Å². The highest BCUT2D eigenvalue weighted by molar-refractivity contribution is 6.35. The van der Waals surface area contributed by atoms with E-state index in [-0.39, 0.29) is 18.6 Å². The SMILES string of the molecule is CC[C@@H](C)NC(=O)C(=O)N/N=C\c1ccccc1OCC(=O)NCc1ccccc1. The third-order valence-corrected chi connectivity index (χ3v) is 4.18. The first-order chi connectivity index (χ1) is 14.5. The summed E-state index contributed by atoms with van der Waals surface area (Å²) in [5.41, 5.74) is 3.72. The molecule has 0 saturated heterocycles. The second-order valence-electron chi connectivity index (χ2n) is 6.57. The molecular weight excluding hydrogens is 384 g/mol. The van der Waals surface area contributed by atoms with Crippen molar-refractivity contribution in [2.24, 2.45) is 5.10 Å². The van der Waals surface area contributed by atoms with E-state index in [9.17, 15) is 14.4 Å². The summed E-state index contributed by atoms with van der Waals surface area (Å²) in [6.07, 6.45) is 2.07. The van der Waals surface area contributed by atoms with Crippen molar-refractivity contribution in [2.75, 3.05) is 6.61 Å². The molecule has 2 aromatic carbocycles. The molecule has 3 amide bonds. The third kappa shape index (κ3) is 7.75. The van der Waals surface area contributed by atoms with Gasteiger partial charge in [0.2, 0.25) is 0 Å². The van der Waals surface area contributed by atoms with Crippen molar-refractivity contribution in [1.82, 2.24) is 16.1 Å². The van der Waals surface area contributed by atoms with Gasteiger partial charge in [0.1, 0.15) is 5.75 Å². The van der Waals surface area contributed by atoms with Crippen LogP contribution in [0.5, 0.6) is 5.75 Å². The van der Waals surface area contributed by atoms with Gasteiger partial charge >= 0.3 is 11.8 Å². The molecule has 1 atom stereocenters. The minimum absolute atomic E-state index is 0.102. The molecule has 8 nitrogen and oxygen atoms in total. The molecule has 0 radical (unpaired) electrons. The summed E-state index contributed by atoms with van der Waals surface area (Å²) in [5, 5.41) is 9.13. The van der Waals surface area contributed by atoms with Crippen LogP contribution in [0.3, 0.4) is 0 Å². The minimum atomic E-state index is -0.856. The van der Waals surface area contributed by atoms with Crippen molar-refractivity contribution in [3.05, 3.63) is 65.7 Å². The highest BCUT2D eigenvalue weighted by Crippen LogP contribution is 2.15. The molecule has 0 spiro atoms. The predicted octanol–water partition coefficient (Wildman–Crippen LogP) is 1.75. The largest absolute Gasteiger partial charge is 0.483 e. The Hall–Kier alpha value is -3.68. The average molecular weight is 410 g/mol. The van der Waals surface area contributed by atoms with Crippen LogP contribution in [-0.2, 0) is 20.9 Å². The highest BCUT2D eigenvalue weighted by Gasteiger charge is 2.14. The van der Waals surface area contributed by atoms with Gasteiger partial charge in [0.25, 0.3) is 5.91 Å². The Bertz CT molecular complexity index is 884. The molecule has 0 heterocycles. The lowest BCUT2D eigenvalue weighted by Gasteiger charge is -2.10. The quantitative estimate of drug-likeness (QED) is 0.332. The number of carbonyl (C=O) groups excluding carboxylic acids is 3. The van der Waals surface area contributed by atoms with Gasteiger partial charge in [-0.1, -0.05) is 49.4 Å². The van der Waals surface area contributed by atoms with Crippen molar-refractivity contribution in [3.63, 3.8) is 0 Å². The average Bonchev–Trinajstić information content (AvgIpc) is 2.77. The van der Waals surface area contributed by atoms with E-state index in [1.165, 1.54) is 6.21 Å². The number of hydrogen-bond acceptors (Lipinski definition) is 5. The van der Waals surface area contributed by atoms with Crippen LogP contribution in [0.1, 0.15) is 31.4 Å². The summed E-state index contributed by atoms with van der Waals surface area (Å²) < 4.78 is 5.56. The first kappa shape index (κ1) is 22.6. The van der Waals surface area contributed by atoms with E-state index >= 15 is 0 Å². The lowest BCUT2D eigenvalue weighted by Crippen LogP contribution is -2.41. The second kappa shape index (κ2) is 12.0. The maximum Gasteiger partial charge on any atom is 0.329 e. The summed E-state index contributed by atoms with van der Waals surface area (Å²) in [6, 6.07) is 16.4. The van der Waals surface area contributed by atoms with Crippen LogP contribution in [-0.4, -0.2) is 36.6 Å². The van der Waals surface area contributed by atoms with Gasteiger partial charge in [-0.05, 0) is 31.0 Å². The van der Waals surface area contributed by atoms with Crippen LogP contribution in [0.4, 0.5) is 0 Å². The summed E-state index contributed by atoms with van der Waals surface area (Å²) in [7, 11) is 0. The molecule has 2 rings (SSSR count). The number of carbonyl (C=O) groups is 3. The number of hydrogen-bond donors (Lipinski definition) is 3. The van der Waals surface area contributed by atoms with Crippen molar-refractivity contribution in [1.29, 1.82) is 0 Å². The van der Waals surface area contributed by atoms with Gasteiger partial charge < -0.3 is 15.4 Å². The summed E-state index contributed by atoms with van der Waals surface area (Å²) in [4.78, 5) is 35.5. The Morgan fingerprint density at radius 3 is 2.47 bits per heavy atom. The molecule has 3 N–H and O–H groups in total. The Kier molecular flexibility index (Phi) is 9.05. The molecule has 0 aliphatic heterocycles. The van der Waals surface area contributed by atoms with Gasteiger partial charge in [0.15, 0.2) is 6.61 Å². The molecule has 0 aliphatic rings. The predicted molar refractivity (Wildman–Crippen MR) is 114 cm³/mol. The van der Waals surface area contributed by atoms with Gasteiger partial charge in [-0.3, -0.25) is 14.4 Å². The Morgan fingerprint density at radius 2 is 1.73 bits per heavy atom. The normalized spacial score (nSPS) is 11.5. The van der Waals surface area contributed by atoms with Gasteiger partial charge in [-0.2, -0.15) is 5.10 Å². The number of hydrazone groups is 1. The van der Waals surface area contributed by atoms with Crippen LogP contribution in [0, 0.1) is 0 Å². The standard InChI is InChI=1S/C22H26N4O4/c1-3-16(2)25-21(28)22(29)26-24-14-18-11-7-8-12-19(18)30-15-20(27)23-13-17-9-5-4-6-10-17/h4-12,14,16H,3,13,15H2,1-2H3,(H,23,27)(H,25,28)(H,26,29)/b24-14-/t16-/m1/s1. The molecule has 0 aromatic heterocycles. The van der Waals surface area contributed by atoms with E-state index in [0.29, 0.717) is 24.3 Å². The van der Waals surface area contributed by atoms with Crippen molar-refractivity contribution in [3.8, 4) is 5.75 Å². The van der Waals surface area contributed by atoms with Crippen LogP contribution >= 0.6 is 0 Å². The lowest BCUT2D eigenvalue weighted by molar-refractivity contribution is -0.139. The molecule has 0 bridgehead atoms. The van der Waals surface area contributed by atoms with E-state index in [0.717, 1.165) is 5.56 Å². The maximum atomic E-state index is 12.0. The number of benzene rings is 2. The first-order valence-electron chi connectivity index (χ1n) is 9.66. The Morgan fingerprint density at radius 1 is 1.03 bits per heavy atom. The molecule has 0 fully saturated rings. The summed E-state index contributed by atoms with van der Waals surface area (Å²) in [5.74, 6) is -1.44. The minimum Gasteiger partial charge on any atom is -0.483 e. The maximum absolute atomic E-state index is 12.0. The smallest absolute Gasteiger partial charge is 0.329 e. The zero-order valence-corrected chi connectivity index (χ0v) is 17.1. The molecule has 0 aliphatic carbocycles. The van der Waals surface area contributed by atoms with Crippen molar-refractivity contribution in [2.45, 2.75) is 32.9 Å². The first-order valence-corrected chi connectivity index (χ1v) is 9.66. The molecule has 0 saturated carbocycles. The van der Waals surface area contributed by atoms with Gasteiger partial charge in [0.05, 0.1) is 6.21 Å². The second-order valence-corrected chi connectivity index (χ2v) is 6.57. The van der Waals surface area contributed by atoms with Crippen LogP contribution in [0.15, 0.2) is 59.7 Å². The number of rotatable bonds is 9. The zero-order valence-electron chi connectivity index (χ0n) is 17.1. The molecule has 30 heavy (non-hydrogen) atoms. The van der Waals surface area contributed by atoms with Crippen molar-refractivity contribution >= 4 is 23.9 Å². The molecule has 158 valence electrons. The summed E-state index contributed by atoms with van der Waals surface area (Å²) >= 11 is 0. The highest BCUT2D eigenvalue weighted by atomic mass is 16.5.